The Balaban J connectivity index is 1.26. The molecule has 1 aliphatic carbocycles. The topological polar surface area (TPSA) is 106 Å². The number of amides is 1. The number of sulfonamides is 1. The molecular formula is C21H29FN4O4S. The van der Waals surface area contributed by atoms with Crippen LogP contribution in [-0.4, -0.2) is 67.8 Å². The lowest BCUT2D eigenvalue weighted by Gasteiger charge is -2.45. The van der Waals surface area contributed by atoms with Crippen molar-refractivity contribution >= 4 is 15.9 Å². The van der Waals surface area contributed by atoms with E-state index in [1.807, 2.05) is 4.90 Å². The van der Waals surface area contributed by atoms with Gasteiger partial charge in [0.1, 0.15) is 11.5 Å². The first-order valence-corrected chi connectivity index (χ1v) is 12.2. The summed E-state index contributed by atoms with van der Waals surface area (Å²) in [6.45, 7) is 2.59. The average molecular weight is 453 g/mol. The van der Waals surface area contributed by atoms with E-state index in [0.29, 0.717) is 37.2 Å². The summed E-state index contributed by atoms with van der Waals surface area (Å²) in [5.41, 5.74) is 5.66. The van der Waals surface area contributed by atoms with Crippen molar-refractivity contribution in [3.63, 3.8) is 0 Å². The molecule has 0 unspecified atom stereocenters. The van der Waals surface area contributed by atoms with Crippen molar-refractivity contribution in [2.45, 2.75) is 30.6 Å². The van der Waals surface area contributed by atoms with Crippen molar-refractivity contribution in [1.82, 2.24) is 14.2 Å². The largest absolute Gasteiger partial charge is 0.473 e. The van der Waals surface area contributed by atoms with Crippen LogP contribution >= 0.6 is 0 Å². The Kier molecular flexibility index (Phi) is 6.59. The first kappa shape index (κ1) is 22.2. The lowest BCUT2D eigenvalue weighted by molar-refractivity contribution is -0.134. The lowest BCUT2D eigenvalue weighted by atomic mass is 9.81. The van der Waals surface area contributed by atoms with Crippen molar-refractivity contribution in [3.05, 3.63) is 30.2 Å². The molecule has 4 rings (SSSR count). The van der Waals surface area contributed by atoms with Gasteiger partial charge >= 0.3 is 0 Å². The zero-order chi connectivity index (χ0) is 22.0. The second-order valence-corrected chi connectivity index (χ2v) is 10.5. The number of piperidine rings is 1. The van der Waals surface area contributed by atoms with Crippen LogP contribution in [0.5, 0.6) is 5.88 Å². The molecule has 2 aliphatic heterocycles. The van der Waals surface area contributed by atoms with Crippen LogP contribution in [0.2, 0.25) is 0 Å². The van der Waals surface area contributed by atoms with Crippen LogP contribution in [0.25, 0.3) is 0 Å². The molecule has 3 heterocycles. The van der Waals surface area contributed by atoms with Gasteiger partial charge in [0.15, 0.2) is 0 Å². The van der Waals surface area contributed by atoms with E-state index >= 15 is 0 Å². The fourth-order valence-electron chi connectivity index (χ4n) is 4.20. The van der Waals surface area contributed by atoms with Crippen LogP contribution in [0.4, 0.5) is 4.39 Å². The van der Waals surface area contributed by atoms with Gasteiger partial charge in [0.05, 0.1) is 12.5 Å². The summed E-state index contributed by atoms with van der Waals surface area (Å²) in [4.78, 5) is 18.3. The molecule has 0 aromatic carbocycles. The van der Waals surface area contributed by atoms with E-state index in [0.717, 1.165) is 38.8 Å². The number of halogens is 1. The van der Waals surface area contributed by atoms with E-state index in [9.17, 15) is 17.6 Å². The van der Waals surface area contributed by atoms with Gasteiger partial charge in [0.2, 0.25) is 21.8 Å². The summed E-state index contributed by atoms with van der Waals surface area (Å²) >= 11 is 0. The molecule has 0 spiro atoms. The maximum atomic E-state index is 12.9. The Hall–Kier alpha value is -2.04. The zero-order valence-corrected chi connectivity index (χ0v) is 18.3. The molecule has 1 saturated carbocycles. The number of nitrogens with two attached hydrogens (primary N) is 1. The highest BCUT2D eigenvalue weighted by Crippen LogP contribution is 2.37. The monoisotopic (exact) mass is 452 g/mol. The number of pyridine rings is 1. The zero-order valence-electron chi connectivity index (χ0n) is 17.5. The van der Waals surface area contributed by atoms with Gasteiger partial charge in [0, 0.05) is 50.3 Å². The number of carbonyl (C=O) groups excluding carboxylic acids is 1. The van der Waals surface area contributed by atoms with Gasteiger partial charge in [0.25, 0.3) is 0 Å². The summed E-state index contributed by atoms with van der Waals surface area (Å²) < 4.78 is 45.0. The van der Waals surface area contributed by atoms with Crippen molar-refractivity contribution in [2.75, 3.05) is 39.3 Å². The third-order valence-corrected chi connectivity index (χ3v) is 8.30. The second kappa shape index (κ2) is 9.22. The fourth-order valence-corrected chi connectivity index (χ4v) is 5.70. The quantitative estimate of drug-likeness (QED) is 0.641. The van der Waals surface area contributed by atoms with E-state index in [4.69, 9.17) is 10.5 Å². The van der Waals surface area contributed by atoms with Crippen molar-refractivity contribution in [3.8, 4) is 5.88 Å². The summed E-state index contributed by atoms with van der Waals surface area (Å²) in [5.74, 6) is 1.57. The first-order valence-electron chi connectivity index (χ1n) is 10.8. The third-order valence-electron chi connectivity index (χ3n) is 6.49. The molecule has 3 fully saturated rings. The van der Waals surface area contributed by atoms with Gasteiger partial charge in [-0.05, 0) is 43.6 Å². The lowest BCUT2D eigenvalue weighted by Crippen LogP contribution is -2.54. The molecule has 1 aromatic rings. The molecule has 0 bridgehead atoms. The Morgan fingerprint density at radius 2 is 1.90 bits per heavy atom. The van der Waals surface area contributed by atoms with Crippen LogP contribution in [0.15, 0.2) is 35.1 Å². The standard InChI is InChI=1S/C21H29FN4O4S/c22-9-15(10-23)14-30-20-4-3-19(11-24-20)31(28,29)26-12-18(13-26)16-5-7-25(8-6-16)21(27)17-1-2-17/h3-4,9,11,16-18H,1-2,5-8,10,12-14,23H2/b15-9-. The molecule has 170 valence electrons. The van der Waals surface area contributed by atoms with Crippen molar-refractivity contribution in [2.24, 2.45) is 23.5 Å². The van der Waals surface area contributed by atoms with E-state index in [1.165, 1.54) is 22.6 Å². The normalized spacial score (nSPS) is 21.7. The summed E-state index contributed by atoms with van der Waals surface area (Å²) in [6, 6.07) is 2.91. The molecule has 1 amide bonds. The van der Waals surface area contributed by atoms with Crippen LogP contribution in [0, 0.1) is 17.8 Å². The molecule has 31 heavy (non-hydrogen) atoms. The maximum Gasteiger partial charge on any atom is 0.244 e. The van der Waals surface area contributed by atoms with Gasteiger partial charge in [-0.25, -0.2) is 17.8 Å². The first-order chi connectivity index (χ1) is 14.9. The van der Waals surface area contributed by atoms with Crippen LogP contribution in [-0.2, 0) is 14.8 Å². The van der Waals surface area contributed by atoms with Gasteiger partial charge in [-0.15, -0.1) is 0 Å². The number of rotatable bonds is 8. The number of ether oxygens (including phenoxy) is 1. The van der Waals surface area contributed by atoms with Crippen LogP contribution in [0.1, 0.15) is 25.7 Å². The minimum Gasteiger partial charge on any atom is -0.473 e. The molecule has 2 N–H and O–H groups in total. The highest BCUT2D eigenvalue weighted by atomic mass is 32.2. The second-order valence-electron chi connectivity index (χ2n) is 8.61. The molecule has 8 nitrogen and oxygen atoms in total. The predicted octanol–water partition coefficient (Wildman–Crippen LogP) is 1.54. The van der Waals surface area contributed by atoms with Gasteiger partial charge < -0.3 is 15.4 Å². The van der Waals surface area contributed by atoms with Crippen LogP contribution in [0.3, 0.4) is 0 Å². The highest BCUT2D eigenvalue weighted by Gasteiger charge is 2.42. The predicted molar refractivity (Wildman–Crippen MR) is 112 cm³/mol. The number of likely N-dealkylation sites (tertiary alicyclic amines) is 1. The minimum atomic E-state index is -3.60. The third kappa shape index (κ3) is 4.91. The van der Waals surface area contributed by atoms with Gasteiger partial charge in [-0.2, -0.15) is 4.31 Å². The molecular weight excluding hydrogens is 423 g/mol. The molecule has 10 heteroatoms. The highest BCUT2D eigenvalue weighted by molar-refractivity contribution is 7.89. The fraction of sp³-hybridized carbons (Fsp3) is 0.619. The molecule has 2 saturated heterocycles. The Morgan fingerprint density at radius 1 is 1.19 bits per heavy atom. The van der Waals surface area contributed by atoms with Crippen molar-refractivity contribution in [1.29, 1.82) is 0 Å². The number of hydrogen-bond donors (Lipinski definition) is 1. The Bertz CT molecular complexity index is 919. The number of nitrogens with zero attached hydrogens (tertiary/aromatic N) is 3. The van der Waals surface area contributed by atoms with E-state index < -0.39 is 10.0 Å². The van der Waals surface area contributed by atoms with Crippen molar-refractivity contribution < 1.29 is 22.3 Å². The summed E-state index contributed by atoms with van der Waals surface area (Å²) in [5, 5.41) is 0. The number of carbonyl (C=O) groups is 1. The SMILES string of the molecule is NC/C(=C/F)COc1ccc(S(=O)(=O)N2CC(C3CCN(C(=O)C4CC4)CC3)C2)cn1. The number of hydrogen-bond acceptors (Lipinski definition) is 6. The van der Waals surface area contributed by atoms with E-state index in [-0.39, 0.29) is 35.4 Å². The van der Waals surface area contributed by atoms with Gasteiger partial charge in [-0.1, -0.05) is 0 Å². The Morgan fingerprint density at radius 3 is 2.45 bits per heavy atom. The number of aromatic nitrogens is 1. The molecule has 0 radical (unpaired) electrons. The molecule has 0 atom stereocenters. The van der Waals surface area contributed by atoms with E-state index in [1.54, 1.807) is 0 Å². The smallest absolute Gasteiger partial charge is 0.244 e. The maximum absolute atomic E-state index is 12.9. The van der Waals surface area contributed by atoms with Gasteiger partial charge in [-0.3, -0.25) is 4.79 Å². The van der Waals surface area contributed by atoms with E-state index in [2.05, 4.69) is 4.98 Å². The summed E-state index contributed by atoms with van der Waals surface area (Å²) in [7, 11) is -3.60. The molecule has 3 aliphatic rings. The summed E-state index contributed by atoms with van der Waals surface area (Å²) in [6.07, 6.45) is 5.61. The van der Waals surface area contributed by atoms with Crippen LogP contribution < -0.4 is 10.5 Å². The molecule has 1 aromatic heterocycles. The minimum absolute atomic E-state index is 0.0366. The Labute approximate surface area is 182 Å². The average Bonchev–Trinajstić information content (AvgIpc) is 3.59.